The Morgan fingerprint density at radius 2 is 1.18 bits per heavy atom. The Labute approximate surface area is 179 Å². The van der Waals surface area contributed by atoms with Crippen LogP contribution in [0.15, 0.2) is 0 Å². The topological polar surface area (TPSA) is 36.9 Å². The fourth-order valence-electron chi connectivity index (χ4n) is 2.33. The van der Waals surface area contributed by atoms with Crippen molar-refractivity contribution < 1.29 is 18.3 Å². The van der Waals surface area contributed by atoms with Crippen molar-refractivity contribution in [1.29, 1.82) is 0 Å². The summed E-state index contributed by atoms with van der Waals surface area (Å²) < 4.78 is 24.9. The first kappa shape index (κ1) is 28.5. The maximum Gasteiger partial charge on any atom is 0.192 e. The van der Waals surface area contributed by atoms with E-state index < -0.39 is 24.7 Å². The summed E-state index contributed by atoms with van der Waals surface area (Å²) in [4.78, 5) is 0. The van der Waals surface area contributed by atoms with Gasteiger partial charge in [-0.2, -0.15) is 0 Å². The quantitative estimate of drug-likeness (QED) is 0.258. The fraction of sp³-hybridized carbons (Fsp3) is 1.00. The highest BCUT2D eigenvalue weighted by atomic mass is 28.4. The molecular weight excluding hydrogens is 400 g/mol. The lowest BCUT2D eigenvalue weighted by atomic mass is 10.2. The summed E-state index contributed by atoms with van der Waals surface area (Å²) in [6, 6.07) is 1.06. The van der Waals surface area contributed by atoms with Gasteiger partial charge in [0.25, 0.3) is 0 Å². The van der Waals surface area contributed by atoms with E-state index in [2.05, 4.69) is 87.4 Å². The molecule has 0 spiro atoms. The van der Waals surface area contributed by atoms with Gasteiger partial charge in [-0.1, -0.05) is 61.2 Å². The highest BCUT2D eigenvalue weighted by molar-refractivity contribution is 6.77. The summed E-state index contributed by atoms with van der Waals surface area (Å²) in [5.41, 5.74) is 0. The largest absolute Gasteiger partial charge is 0.414 e. The Kier molecular flexibility index (Phi) is 10.4. The van der Waals surface area contributed by atoms with Crippen molar-refractivity contribution in [2.75, 3.05) is 20.5 Å². The average molecular weight is 451 g/mol. The number of hydrogen-bond acceptors (Lipinski definition) is 4. The molecule has 7 heteroatoms. The summed E-state index contributed by atoms with van der Waals surface area (Å²) >= 11 is 0. The Bertz CT molecular complexity index is 460. The lowest BCUT2D eigenvalue weighted by Gasteiger charge is -2.44. The summed E-state index contributed by atoms with van der Waals surface area (Å²) in [5.74, 6) is 0. The second kappa shape index (κ2) is 10.2. The molecule has 4 nitrogen and oxygen atoms in total. The van der Waals surface area contributed by atoms with Gasteiger partial charge in [-0.3, -0.25) is 0 Å². The Balaban J connectivity index is 5.66. The maximum absolute atomic E-state index is 6.92. The summed E-state index contributed by atoms with van der Waals surface area (Å²) in [5, 5.41) is 0.337. The molecule has 0 saturated carbocycles. The molecule has 0 aliphatic rings. The van der Waals surface area contributed by atoms with Crippen molar-refractivity contribution >= 4 is 24.7 Å². The van der Waals surface area contributed by atoms with Gasteiger partial charge in [-0.05, 0) is 42.3 Å². The van der Waals surface area contributed by atoms with E-state index in [1.807, 2.05) is 0 Å². The molecule has 0 aromatic heterocycles. The predicted octanol–water partition coefficient (Wildman–Crippen LogP) is 6.73. The minimum Gasteiger partial charge on any atom is -0.414 e. The minimum absolute atomic E-state index is 0.0486. The summed E-state index contributed by atoms with van der Waals surface area (Å²) in [7, 11) is -3.47. The molecule has 1 unspecified atom stereocenters. The highest BCUT2D eigenvalue weighted by Gasteiger charge is 2.43. The van der Waals surface area contributed by atoms with Crippen molar-refractivity contribution in [3.63, 3.8) is 0 Å². The van der Waals surface area contributed by atoms with Gasteiger partial charge in [-0.25, -0.2) is 0 Å². The monoisotopic (exact) mass is 450 g/mol. The van der Waals surface area contributed by atoms with E-state index in [4.69, 9.17) is 18.3 Å². The Morgan fingerprint density at radius 3 is 1.54 bits per heavy atom. The third-order valence-corrected chi connectivity index (χ3v) is 16.9. The number of ether oxygens (including phenoxy) is 2. The van der Waals surface area contributed by atoms with Crippen LogP contribution < -0.4 is 0 Å². The van der Waals surface area contributed by atoms with Crippen LogP contribution in [0.25, 0.3) is 0 Å². The fourth-order valence-corrected chi connectivity index (χ4v) is 6.41. The SMILES string of the molecule is COCO[C@H](CO[Si](C)(C)C(C)(C)C)C(C[Si](C)(C)C)O[Si](C)(C)C(C)(C)C. The van der Waals surface area contributed by atoms with Crippen LogP contribution in [0.3, 0.4) is 0 Å². The molecule has 0 rings (SSSR count). The van der Waals surface area contributed by atoms with Gasteiger partial charge in [0.15, 0.2) is 16.6 Å². The molecular formula is C21H50O4Si3. The van der Waals surface area contributed by atoms with E-state index in [1.165, 1.54) is 0 Å². The number of rotatable bonds is 11. The van der Waals surface area contributed by atoms with Crippen LogP contribution in [-0.4, -0.2) is 57.4 Å². The molecule has 170 valence electrons. The molecule has 0 radical (unpaired) electrons. The van der Waals surface area contributed by atoms with E-state index in [-0.39, 0.29) is 29.1 Å². The first-order chi connectivity index (χ1) is 12.2. The standard InChI is InChI=1S/C21H50O4Si3/c1-20(2,3)27(11,12)24-15-18(23-17-22-7)19(16-26(8,9)10)25-28(13,14)21(4,5)6/h18-19H,15-17H2,1-14H3/t18-,19?/m1/s1. The molecule has 28 heavy (non-hydrogen) atoms. The average Bonchev–Trinajstić information content (AvgIpc) is 2.42. The van der Waals surface area contributed by atoms with Gasteiger partial charge < -0.3 is 18.3 Å². The van der Waals surface area contributed by atoms with Crippen LogP contribution in [0.4, 0.5) is 0 Å². The van der Waals surface area contributed by atoms with E-state index >= 15 is 0 Å². The zero-order chi connectivity index (χ0) is 22.6. The zero-order valence-corrected chi connectivity index (χ0v) is 24.4. The first-order valence-corrected chi connectivity index (χ1v) is 20.2. The molecule has 0 saturated heterocycles. The van der Waals surface area contributed by atoms with Crippen LogP contribution in [0.2, 0.25) is 61.9 Å². The van der Waals surface area contributed by atoms with Crippen LogP contribution >= 0.6 is 0 Å². The van der Waals surface area contributed by atoms with E-state index in [1.54, 1.807) is 7.11 Å². The lowest BCUT2D eigenvalue weighted by Crippen LogP contribution is -2.52. The van der Waals surface area contributed by atoms with Crippen molar-refractivity contribution in [3.8, 4) is 0 Å². The van der Waals surface area contributed by atoms with Gasteiger partial charge in [0.1, 0.15) is 12.9 Å². The molecule has 0 aromatic rings. The van der Waals surface area contributed by atoms with Gasteiger partial charge in [0.05, 0.1) is 12.7 Å². The zero-order valence-electron chi connectivity index (χ0n) is 21.4. The maximum atomic E-state index is 6.92. The van der Waals surface area contributed by atoms with Crippen molar-refractivity contribution in [2.45, 2.75) is 116 Å². The highest BCUT2D eigenvalue weighted by Crippen LogP contribution is 2.40. The van der Waals surface area contributed by atoms with Crippen molar-refractivity contribution in [3.05, 3.63) is 0 Å². The van der Waals surface area contributed by atoms with E-state index in [0.29, 0.717) is 6.61 Å². The van der Waals surface area contributed by atoms with Crippen molar-refractivity contribution in [1.82, 2.24) is 0 Å². The Morgan fingerprint density at radius 1 is 0.714 bits per heavy atom. The van der Waals surface area contributed by atoms with Gasteiger partial charge >= 0.3 is 0 Å². The summed E-state index contributed by atoms with van der Waals surface area (Å²) in [6.45, 7) is 31.0. The van der Waals surface area contributed by atoms with E-state index in [9.17, 15) is 0 Å². The van der Waals surface area contributed by atoms with Gasteiger partial charge in [-0.15, -0.1) is 0 Å². The molecule has 0 aliphatic carbocycles. The molecule has 2 atom stereocenters. The third-order valence-electron chi connectivity index (χ3n) is 6.30. The van der Waals surface area contributed by atoms with Gasteiger partial charge in [0, 0.05) is 15.2 Å². The number of methoxy groups -OCH3 is 1. The van der Waals surface area contributed by atoms with Gasteiger partial charge in [0.2, 0.25) is 0 Å². The first-order valence-electron chi connectivity index (χ1n) is 10.7. The molecule has 0 N–H and O–H groups in total. The van der Waals surface area contributed by atoms with Crippen LogP contribution in [-0.2, 0) is 18.3 Å². The van der Waals surface area contributed by atoms with E-state index in [0.717, 1.165) is 6.04 Å². The summed E-state index contributed by atoms with van der Waals surface area (Å²) in [6.07, 6.45) is -0.0533. The molecule has 0 bridgehead atoms. The van der Waals surface area contributed by atoms with Crippen LogP contribution in [0, 0.1) is 0 Å². The molecule has 0 heterocycles. The number of hydrogen-bond donors (Lipinski definition) is 0. The second-order valence-electron chi connectivity index (χ2n) is 12.4. The van der Waals surface area contributed by atoms with Crippen LogP contribution in [0.5, 0.6) is 0 Å². The smallest absolute Gasteiger partial charge is 0.192 e. The third kappa shape index (κ3) is 9.53. The molecule has 0 aliphatic heterocycles. The molecule has 0 amide bonds. The second-order valence-corrected chi connectivity index (χ2v) is 27.5. The van der Waals surface area contributed by atoms with Crippen molar-refractivity contribution in [2.24, 2.45) is 0 Å². The minimum atomic E-state index is -1.92. The lowest BCUT2D eigenvalue weighted by molar-refractivity contribution is -0.118. The Hall–Kier alpha value is 0.491. The van der Waals surface area contributed by atoms with Crippen LogP contribution in [0.1, 0.15) is 41.5 Å². The molecule has 0 aromatic carbocycles. The molecule has 0 fully saturated rings. The predicted molar refractivity (Wildman–Crippen MR) is 130 cm³/mol. The normalized spacial score (nSPS) is 16.9.